The summed E-state index contributed by atoms with van der Waals surface area (Å²) < 4.78 is 1.72. The van der Waals surface area contributed by atoms with E-state index < -0.39 is 0 Å². The molecule has 0 radical (unpaired) electrons. The highest BCUT2D eigenvalue weighted by Gasteiger charge is 2.11. The molecular weight excluding hydrogens is 400 g/mol. The summed E-state index contributed by atoms with van der Waals surface area (Å²) in [5.41, 5.74) is 6.02. The van der Waals surface area contributed by atoms with Crippen LogP contribution >= 0.6 is 0 Å². The Kier molecular flexibility index (Phi) is 5.13. The minimum atomic E-state index is -0.0602. The van der Waals surface area contributed by atoms with E-state index in [1.54, 1.807) is 16.9 Å². The van der Waals surface area contributed by atoms with E-state index in [0.29, 0.717) is 17.9 Å². The van der Waals surface area contributed by atoms with Crippen molar-refractivity contribution < 1.29 is 4.79 Å². The highest BCUT2D eigenvalue weighted by atomic mass is 16.1. The number of benzene rings is 2. The van der Waals surface area contributed by atoms with Gasteiger partial charge in [0.1, 0.15) is 0 Å². The lowest BCUT2D eigenvalue weighted by Gasteiger charge is -2.08. The molecule has 7 nitrogen and oxygen atoms in total. The van der Waals surface area contributed by atoms with Gasteiger partial charge in [-0.1, -0.05) is 42.0 Å². The molecule has 0 aliphatic carbocycles. The number of hydrogen-bond donors (Lipinski definition) is 1. The van der Waals surface area contributed by atoms with E-state index in [0.717, 1.165) is 33.6 Å². The van der Waals surface area contributed by atoms with Crippen molar-refractivity contribution in [2.24, 2.45) is 0 Å². The van der Waals surface area contributed by atoms with E-state index in [2.05, 4.69) is 20.5 Å². The van der Waals surface area contributed by atoms with Crippen molar-refractivity contribution in [3.05, 3.63) is 96.3 Å². The zero-order valence-corrected chi connectivity index (χ0v) is 17.4. The summed E-state index contributed by atoms with van der Waals surface area (Å²) in [6.45, 7) is 2.02. The molecule has 0 spiro atoms. The average Bonchev–Trinajstić information content (AvgIpc) is 3.23. The number of nitrogens with zero attached hydrogens (tertiary/aromatic N) is 5. The van der Waals surface area contributed by atoms with Crippen LogP contribution in [0.15, 0.2) is 85.2 Å². The summed E-state index contributed by atoms with van der Waals surface area (Å²) in [7, 11) is 0. The molecule has 7 heteroatoms. The van der Waals surface area contributed by atoms with E-state index in [4.69, 9.17) is 5.10 Å². The van der Waals surface area contributed by atoms with Gasteiger partial charge in [0.25, 0.3) is 0 Å². The van der Waals surface area contributed by atoms with Gasteiger partial charge >= 0.3 is 0 Å². The van der Waals surface area contributed by atoms with Crippen molar-refractivity contribution in [3.63, 3.8) is 0 Å². The zero-order chi connectivity index (χ0) is 21.9. The predicted molar refractivity (Wildman–Crippen MR) is 123 cm³/mol. The standard InChI is InChI=1S/C25H20N6O/c1-17-4-2-5-18(14-17)15-24(32)27-21-7-3-6-20(16-21)22-8-9-23-28-29-25(31(23)30-22)19-10-12-26-13-11-19/h2-14,16H,15H2,1H3,(H,27,32). The first-order valence-electron chi connectivity index (χ1n) is 10.2. The van der Waals surface area contributed by atoms with Crippen LogP contribution in [0.5, 0.6) is 0 Å². The van der Waals surface area contributed by atoms with Crippen LogP contribution in [0.2, 0.25) is 0 Å². The zero-order valence-electron chi connectivity index (χ0n) is 17.4. The van der Waals surface area contributed by atoms with E-state index in [1.165, 1.54) is 0 Å². The number of anilines is 1. The summed E-state index contributed by atoms with van der Waals surface area (Å²) in [4.78, 5) is 16.6. The largest absolute Gasteiger partial charge is 0.326 e. The smallest absolute Gasteiger partial charge is 0.228 e. The quantitative estimate of drug-likeness (QED) is 0.457. The fourth-order valence-electron chi connectivity index (χ4n) is 3.59. The van der Waals surface area contributed by atoms with Gasteiger partial charge in [-0.25, -0.2) is 0 Å². The molecule has 2 aromatic carbocycles. The van der Waals surface area contributed by atoms with Gasteiger partial charge in [0.15, 0.2) is 11.5 Å². The highest BCUT2D eigenvalue weighted by Crippen LogP contribution is 2.23. The summed E-state index contributed by atoms with van der Waals surface area (Å²) >= 11 is 0. The number of hydrogen-bond acceptors (Lipinski definition) is 5. The highest BCUT2D eigenvalue weighted by molar-refractivity contribution is 5.92. The molecule has 0 fully saturated rings. The number of pyridine rings is 1. The van der Waals surface area contributed by atoms with Gasteiger partial charge in [0.05, 0.1) is 12.1 Å². The van der Waals surface area contributed by atoms with Gasteiger partial charge in [-0.3, -0.25) is 9.78 Å². The normalized spacial score (nSPS) is 10.9. The third-order valence-corrected chi connectivity index (χ3v) is 5.09. The summed E-state index contributed by atoms with van der Waals surface area (Å²) in [6, 6.07) is 23.1. The molecule has 0 atom stereocenters. The molecule has 0 unspecified atom stereocenters. The van der Waals surface area contributed by atoms with Crippen LogP contribution in [0.1, 0.15) is 11.1 Å². The summed E-state index contributed by atoms with van der Waals surface area (Å²) in [6.07, 6.45) is 3.75. The van der Waals surface area contributed by atoms with Crippen molar-refractivity contribution in [2.45, 2.75) is 13.3 Å². The molecule has 5 aromatic rings. The van der Waals surface area contributed by atoms with E-state index >= 15 is 0 Å². The first-order chi connectivity index (χ1) is 15.7. The molecule has 3 heterocycles. The van der Waals surface area contributed by atoms with Crippen molar-refractivity contribution in [1.82, 2.24) is 24.8 Å². The maximum Gasteiger partial charge on any atom is 0.228 e. The minimum Gasteiger partial charge on any atom is -0.326 e. The summed E-state index contributed by atoms with van der Waals surface area (Å²) in [5, 5.41) is 16.2. The number of amides is 1. The third kappa shape index (κ3) is 4.09. The van der Waals surface area contributed by atoms with Crippen LogP contribution in [0.4, 0.5) is 5.69 Å². The van der Waals surface area contributed by atoms with Crippen LogP contribution in [-0.2, 0) is 11.2 Å². The Hall–Kier alpha value is -4.39. The van der Waals surface area contributed by atoms with E-state index in [1.807, 2.05) is 79.7 Å². The van der Waals surface area contributed by atoms with Gasteiger partial charge in [0, 0.05) is 29.2 Å². The minimum absolute atomic E-state index is 0.0602. The molecule has 32 heavy (non-hydrogen) atoms. The molecule has 0 saturated carbocycles. The predicted octanol–water partition coefficient (Wildman–Crippen LogP) is 4.34. The second-order valence-corrected chi connectivity index (χ2v) is 7.54. The Labute approximate surface area is 184 Å². The molecular formula is C25H20N6O. The van der Waals surface area contributed by atoms with Crippen LogP contribution < -0.4 is 5.32 Å². The van der Waals surface area contributed by atoms with Gasteiger partial charge in [0.2, 0.25) is 5.91 Å². The van der Waals surface area contributed by atoms with Gasteiger partial charge in [-0.15, -0.1) is 10.2 Å². The van der Waals surface area contributed by atoms with Crippen LogP contribution in [0, 0.1) is 6.92 Å². The lowest BCUT2D eigenvalue weighted by molar-refractivity contribution is -0.115. The number of aryl methyl sites for hydroxylation is 1. The lowest BCUT2D eigenvalue weighted by Crippen LogP contribution is -2.14. The molecule has 0 aliphatic heterocycles. The second kappa shape index (κ2) is 8.39. The van der Waals surface area contributed by atoms with Gasteiger partial charge in [-0.05, 0) is 48.9 Å². The van der Waals surface area contributed by atoms with E-state index in [-0.39, 0.29) is 5.91 Å². The monoisotopic (exact) mass is 420 g/mol. The molecule has 1 amide bonds. The van der Waals surface area contributed by atoms with Crippen LogP contribution in [0.3, 0.4) is 0 Å². The molecule has 3 aromatic heterocycles. The molecule has 1 N–H and O–H groups in total. The Bertz CT molecular complexity index is 1410. The average molecular weight is 420 g/mol. The Morgan fingerprint density at radius 2 is 1.75 bits per heavy atom. The maximum absolute atomic E-state index is 12.5. The number of fused-ring (bicyclic) bond motifs is 1. The molecule has 156 valence electrons. The molecule has 0 saturated heterocycles. The number of aromatic nitrogens is 5. The van der Waals surface area contributed by atoms with E-state index in [9.17, 15) is 4.79 Å². The number of nitrogens with one attached hydrogen (secondary N) is 1. The number of rotatable bonds is 5. The maximum atomic E-state index is 12.5. The number of carbonyl (C=O) groups excluding carboxylic acids is 1. The first-order valence-corrected chi connectivity index (χ1v) is 10.2. The van der Waals surface area contributed by atoms with Crippen molar-refractivity contribution in [1.29, 1.82) is 0 Å². The Morgan fingerprint density at radius 3 is 2.59 bits per heavy atom. The van der Waals surface area contributed by atoms with Crippen molar-refractivity contribution in [2.75, 3.05) is 5.32 Å². The topological polar surface area (TPSA) is 85.1 Å². The molecule has 5 rings (SSSR count). The molecule has 0 aliphatic rings. The van der Waals surface area contributed by atoms with Gasteiger partial charge < -0.3 is 5.32 Å². The lowest BCUT2D eigenvalue weighted by atomic mass is 10.1. The van der Waals surface area contributed by atoms with Crippen molar-refractivity contribution in [3.8, 4) is 22.6 Å². The van der Waals surface area contributed by atoms with Crippen molar-refractivity contribution >= 4 is 17.2 Å². The van der Waals surface area contributed by atoms with Crippen LogP contribution in [0.25, 0.3) is 28.3 Å². The number of carbonyl (C=O) groups is 1. The SMILES string of the molecule is Cc1cccc(CC(=O)Nc2cccc(-c3ccc4nnc(-c5ccncc5)n4n3)c2)c1. The first kappa shape index (κ1) is 19.6. The third-order valence-electron chi connectivity index (χ3n) is 5.09. The summed E-state index contributed by atoms with van der Waals surface area (Å²) in [5.74, 6) is 0.585. The fourth-order valence-corrected chi connectivity index (χ4v) is 3.59. The fraction of sp³-hybridized carbons (Fsp3) is 0.0800. The van der Waals surface area contributed by atoms with Gasteiger partial charge in [-0.2, -0.15) is 9.61 Å². The second-order valence-electron chi connectivity index (χ2n) is 7.54. The Balaban J connectivity index is 1.41. The van der Waals surface area contributed by atoms with Crippen LogP contribution in [-0.4, -0.2) is 30.7 Å². The Morgan fingerprint density at radius 1 is 0.906 bits per heavy atom. The molecule has 0 bridgehead atoms.